The largest absolute Gasteiger partial charge is 0.360 e. The molecular formula is C12H18N4O2. The number of rotatable bonds is 3. The molecule has 6 heteroatoms. The second kappa shape index (κ2) is 5.30. The maximum absolute atomic E-state index is 11.0. The molecule has 1 saturated heterocycles. The summed E-state index contributed by atoms with van der Waals surface area (Å²) in [5, 5.41) is 17.6. The molecule has 98 valence electrons. The van der Waals surface area contributed by atoms with Crippen LogP contribution in [0.25, 0.3) is 0 Å². The monoisotopic (exact) mass is 250 g/mol. The lowest BCUT2D eigenvalue weighted by Crippen LogP contribution is -2.46. The molecule has 2 heterocycles. The van der Waals surface area contributed by atoms with Crippen LogP contribution in [0.3, 0.4) is 0 Å². The van der Waals surface area contributed by atoms with Gasteiger partial charge in [-0.25, -0.2) is 4.98 Å². The number of hydrogen-bond acceptors (Lipinski definition) is 5. The van der Waals surface area contributed by atoms with Gasteiger partial charge in [0, 0.05) is 24.3 Å². The Morgan fingerprint density at radius 1 is 1.61 bits per heavy atom. The van der Waals surface area contributed by atoms with Crippen molar-refractivity contribution in [3.05, 3.63) is 27.9 Å². The van der Waals surface area contributed by atoms with E-state index in [0.717, 1.165) is 24.9 Å². The minimum atomic E-state index is -0.386. The van der Waals surface area contributed by atoms with Crippen LogP contribution >= 0.6 is 0 Å². The number of aromatic nitrogens is 1. The zero-order valence-electron chi connectivity index (χ0n) is 10.6. The van der Waals surface area contributed by atoms with Gasteiger partial charge in [0.25, 0.3) is 0 Å². The van der Waals surface area contributed by atoms with E-state index in [-0.39, 0.29) is 16.7 Å². The van der Waals surface area contributed by atoms with Crippen molar-refractivity contribution in [1.29, 1.82) is 0 Å². The summed E-state index contributed by atoms with van der Waals surface area (Å²) in [6.45, 7) is 4.88. The van der Waals surface area contributed by atoms with Crippen LogP contribution in [-0.2, 0) is 0 Å². The Morgan fingerprint density at radius 3 is 3.06 bits per heavy atom. The third-order valence-corrected chi connectivity index (χ3v) is 3.28. The number of piperidine rings is 1. The Labute approximate surface area is 106 Å². The summed E-state index contributed by atoms with van der Waals surface area (Å²) in [7, 11) is 0. The topological polar surface area (TPSA) is 80.1 Å². The Kier molecular flexibility index (Phi) is 3.76. The molecule has 0 spiro atoms. The van der Waals surface area contributed by atoms with E-state index < -0.39 is 0 Å². The van der Waals surface area contributed by atoms with Gasteiger partial charge in [-0.05, 0) is 38.8 Å². The lowest BCUT2D eigenvalue weighted by molar-refractivity contribution is -0.384. The highest BCUT2D eigenvalue weighted by Crippen LogP contribution is 2.25. The van der Waals surface area contributed by atoms with Gasteiger partial charge in [-0.1, -0.05) is 0 Å². The molecule has 18 heavy (non-hydrogen) atoms. The van der Waals surface area contributed by atoms with Crippen molar-refractivity contribution in [3.8, 4) is 0 Å². The van der Waals surface area contributed by atoms with E-state index in [9.17, 15) is 10.1 Å². The molecule has 0 radical (unpaired) electrons. The van der Waals surface area contributed by atoms with Gasteiger partial charge in [-0.2, -0.15) is 0 Å². The van der Waals surface area contributed by atoms with Crippen LogP contribution in [-0.4, -0.2) is 28.5 Å². The Morgan fingerprint density at radius 2 is 2.39 bits per heavy atom. The van der Waals surface area contributed by atoms with Crippen LogP contribution in [0.5, 0.6) is 0 Å². The van der Waals surface area contributed by atoms with Crippen molar-refractivity contribution in [1.82, 2.24) is 10.3 Å². The predicted octanol–water partition coefficient (Wildman–Crippen LogP) is 1.85. The summed E-state index contributed by atoms with van der Waals surface area (Å²) in [4.78, 5) is 14.8. The maximum atomic E-state index is 11.0. The fourth-order valence-corrected chi connectivity index (χ4v) is 2.22. The Bertz CT molecular complexity index is 450. The third-order valence-electron chi connectivity index (χ3n) is 3.28. The fraction of sp³-hybridized carbons (Fsp3) is 0.583. The van der Waals surface area contributed by atoms with Crippen molar-refractivity contribution < 1.29 is 4.92 Å². The van der Waals surface area contributed by atoms with Crippen molar-refractivity contribution in [2.45, 2.75) is 38.8 Å². The molecular weight excluding hydrogens is 232 g/mol. The summed E-state index contributed by atoms with van der Waals surface area (Å²) >= 11 is 0. The lowest BCUT2D eigenvalue weighted by Gasteiger charge is -2.30. The molecule has 0 saturated carbocycles. The summed E-state index contributed by atoms with van der Waals surface area (Å²) in [6, 6.07) is 2.03. The molecule has 6 nitrogen and oxygen atoms in total. The molecule has 2 atom stereocenters. The van der Waals surface area contributed by atoms with Gasteiger partial charge < -0.3 is 10.6 Å². The molecule has 1 aromatic rings. The SMILES string of the molecule is Cc1cnc(NC2CCCNC2C)c([N+](=O)[O-])c1. The van der Waals surface area contributed by atoms with Gasteiger partial charge in [0.05, 0.1) is 4.92 Å². The highest BCUT2D eigenvalue weighted by molar-refractivity contribution is 5.57. The zero-order chi connectivity index (χ0) is 13.1. The van der Waals surface area contributed by atoms with E-state index in [1.165, 1.54) is 0 Å². The number of nitro groups is 1. The maximum Gasteiger partial charge on any atom is 0.311 e. The molecule has 1 aromatic heterocycles. The first-order chi connectivity index (χ1) is 8.58. The summed E-state index contributed by atoms with van der Waals surface area (Å²) < 4.78 is 0. The van der Waals surface area contributed by atoms with Crippen LogP contribution < -0.4 is 10.6 Å². The smallest absolute Gasteiger partial charge is 0.311 e. The number of nitrogens with zero attached hydrogens (tertiary/aromatic N) is 2. The number of anilines is 1. The molecule has 0 aliphatic carbocycles. The molecule has 1 aliphatic rings. The lowest BCUT2D eigenvalue weighted by atomic mass is 10.00. The van der Waals surface area contributed by atoms with Gasteiger partial charge >= 0.3 is 5.69 Å². The second-order valence-electron chi connectivity index (χ2n) is 4.77. The van der Waals surface area contributed by atoms with Crippen LogP contribution in [0.1, 0.15) is 25.3 Å². The standard InChI is InChI=1S/C12H18N4O2/c1-8-6-11(16(17)18)12(14-7-8)15-10-4-3-5-13-9(10)2/h6-7,9-10,13H,3-5H2,1-2H3,(H,14,15). The van der Waals surface area contributed by atoms with Crippen LogP contribution in [0, 0.1) is 17.0 Å². The molecule has 1 aliphatic heterocycles. The average molecular weight is 250 g/mol. The Hall–Kier alpha value is -1.69. The first-order valence-electron chi connectivity index (χ1n) is 6.19. The predicted molar refractivity (Wildman–Crippen MR) is 69.7 cm³/mol. The molecule has 2 unspecified atom stereocenters. The van der Waals surface area contributed by atoms with E-state index in [0.29, 0.717) is 11.9 Å². The van der Waals surface area contributed by atoms with E-state index in [2.05, 4.69) is 22.5 Å². The molecule has 2 N–H and O–H groups in total. The number of pyridine rings is 1. The molecule has 2 rings (SSSR count). The number of hydrogen-bond donors (Lipinski definition) is 2. The van der Waals surface area contributed by atoms with Crippen LogP contribution in [0.15, 0.2) is 12.3 Å². The summed E-state index contributed by atoms with van der Waals surface area (Å²) in [5.41, 5.74) is 0.842. The van der Waals surface area contributed by atoms with Gasteiger partial charge in [0.2, 0.25) is 5.82 Å². The van der Waals surface area contributed by atoms with E-state index in [1.54, 1.807) is 19.2 Å². The molecule has 0 bridgehead atoms. The third kappa shape index (κ3) is 2.76. The quantitative estimate of drug-likeness (QED) is 0.632. The van der Waals surface area contributed by atoms with Gasteiger partial charge in [0.1, 0.15) is 0 Å². The fourth-order valence-electron chi connectivity index (χ4n) is 2.22. The van der Waals surface area contributed by atoms with E-state index >= 15 is 0 Å². The molecule has 0 amide bonds. The van der Waals surface area contributed by atoms with Crippen LogP contribution in [0.4, 0.5) is 11.5 Å². The highest BCUT2D eigenvalue weighted by Gasteiger charge is 2.24. The van der Waals surface area contributed by atoms with Crippen molar-refractivity contribution in [2.24, 2.45) is 0 Å². The van der Waals surface area contributed by atoms with Gasteiger partial charge in [0.15, 0.2) is 0 Å². The second-order valence-corrected chi connectivity index (χ2v) is 4.77. The number of nitrogens with one attached hydrogen (secondary N) is 2. The van der Waals surface area contributed by atoms with Crippen molar-refractivity contribution in [2.75, 3.05) is 11.9 Å². The normalized spacial score (nSPS) is 23.7. The first kappa shape index (κ1) is 12.8. The van der Waals surface area contributed by atoms with E-state index in [1.807, 2.05) is 0 Å². The van der Waals surface area contributed by atoms with Gasteiger partial charge in [-0.15, -0.1) is 0 Å². The van der Waals surface area contributed by atoms with Crippen LogP contribution in [0.2, 0.25) is 0 Å². The Balaban J connectivity index is 2.20. The minimum Gasteiger partial charge on any atom is -0.360 e. The summed E-state index contributed by atoms with van der Waals surface area (Å²) in [5.74, 6) is 0.367. The van der Waals surface area contributed by atoms with Crippen molar-refractivity contribution in [3.63, 3.8) is 0 Å². The number of aryl methyl sites for hydroxylation is 1. The van der Waals surface area contributed by atoms with E-state index in [4.69, 9.17) is 0 Å². The minimum absolute atomic E-state index is 0.0489. The zero-order valence-corrected chi connectivity index (χ0v) is 10.6. The van der Waals surface area contributed by atoms with Gasteiger partial charge in [-0.3, -0.25) is 10.1 Å². The highest BCUT2D eigenvalue weighted by atomic mass is 16.6. The molecule has 1 fully saturated rings. The van der Waals surface area contributed by atoms with Crippen molar-refractivity contribution >= 4 is 11.5 Å². The molecule has 0 aromatic carbocycles. The summed E-state index contributed by atoms with van der Waals surface area (Å²) in [6.07, 6.45) is 3.72. The first-order valence-corrected chi connectivity index (χ1v) is 6.19. The average Bonchev–Trinajstić information content (AvgIpc) is 2.34.